The summed E-state index contributed by atoms with van der Waals surface area (Å²) in [5.41, 5.74) is 4.52. The van der Waals surface area contributed by atoms with Gasteiger partial charge in [0, 0.05) is 65.0 Å². The van der Waals surface area contributed by atoms with Crippen molar-refractivity contribution in [1.29, 1.82) is 0 Å². The second kappa shape index (κ2) is 11.5. The van der Waals surface area contributed by atoms with Crippen molar-refractivity contribution < 1.29 is 19.4 Å². The molecule has 37 heavy (non-hydrogen) atoms. The molecule has 2 aliphatic rings. The smallest absolute Gasteiger partial charge is 0.415 e. The molecule has 2 aromatic carbocycles. The summed E-state index contributed by atoms with van der Waals surface area (Å²) in [6.07, 6.45) is -0.465. The molecule has 1 N–H and O–H groups in total. The number of hydrogen-bond acceptors (Lipinski definition) is 6. The van der Waals surface area contributed by atoms with E-state index in [9.17, 15) is 14.7 Å². The number of ether oxygens (including phenoxy) is 1. The molecular weight excluding hydrogens is 468 g/mol. The van der Waals surface area contributed by atoms with Crippen LogP contribution in [0.1, 0.15) is 66.2 Å². The second-order valence-electron chi connectivity index (χ2n) is 10.4. The van der Waals surface area contributed by atoms with Crippen LogP contribution in [-0.2, 0) is 19.6 Å². The SMILES string of the molecule is CCN(CC)C(=O)Oc1cc(O)c(C(=O)N2Cc3ccc(CN4CCN(C)CC4)cc3C2)cc1C(C)C. The van der Waals surface area contributed by atoms with Gasteiger partial charge in [-0.05, 0) is 55.1 Å². The molecule has 0 unspecified atom stereocenters. The Morgan fingerprint density at radius 2 is 1.68 bits per heavy atom. The van der Waals surface area contributed by atoms with Gasteiger partial charge in [0.25, 0.3) is 5.91 Å². The van der Waals surface area contributed by atoms with E-state index in [4.69, 9.17) is 4.74 Å². The van der Waals surface area contributed by atoms with Crippen molar-refractivity contribution in [3.05, 3.63) is 58.1 Å². The number of fused-ring (bicyclic) bond motifs is 1. The number of piperazine rings is 1. The maximum atomic E-state index is 13.5. The van der Waals surface area contributed by atoms with Crippen LogP contribution in [-0.4, -0.2) is 83.0 Å². The van der Waals surface area contributed by atoms with Crippen LogP contribution in [0.25, 0.3) is 0 Å². The quantitative estimate of drug-likeness (QED) is 0.602. The molecule has 4 rings (SSSR count). The van der Waals surface area contributed by atoms with E-state index in [0.717, 1.165) is 43.9 Å². The molecule has 8 heteroatoms. The number of amides is 2. The van der Waals surface area contributed by atoms with E-state index in [1.54, 1.807) is 15.9 Å². The normalized spacial score (nSPS) is 16.2. The molecule has 2 heterocycles. The van der Waals surface area contributed by atoms with Gasteiger partial charge in [0.2, 0.25) is 0 Å². The Bertz CT molecular complexity index is 1140. The minimum atomic E-state index is -0.465. The maximum Gasteiger partial charge on any atom is 0.415 e. The highest BCUT2D eigenvalue weighted by atomic mass is 16.6. The fourth-order valence-electron chi connectivity index (χ4n) is 5.06. The first kappa shape index (κ1) is 26.9. The zero-order chi connectivity index (χ0) is 26.7. The molecule has 8 nitrogen and oxygen atoms in total. The van der Waals surface area contributed by atoms with E-state index < -0.39 is 6.09 Å². The molecule has 0 atom stereocenters. The number of rotatable bonds is 7. The summed E-state index contributed by atoms with van der Waals surface area (Å²) in [7, 11) is 2.16. The number of nitrogens with zero attached hydrogens (tertiary/aromatic N) is 4. The minimum Gasteiger partial charge on any atom is -0.507 e. The average Bonchev–Trinajstić information content (AvgIpc) is 3.29. The number of likely N-dealkylation sites (N-methyl/N-ethyl adjacent to an activating group) is 1. The third-order valence-corrected chi connectivity index (χ3v) is 7.48. The Hall–Kier alpha value is -3.10. The molecule has 1 saturated heterocycles. The van der Waals surface area contributed by atoms with E-state index in [-0.39, 0.29) is 23.1 Å². The van der Waals surface area contributed by atoms with Gasteiger partial charge in [-0.25, -0.2) is 4.79 Å². The minimum absolute atomic E-state index is 0.000406. The monoisotopic (exact) mass is 508 g/mol. The van der Waals surface area contributed by atoms with E-state index >= 15 is 0 Å². The molecule has 0 radical (unpaired) electrons. The fourth-order valence-corrected chi connectivity index (χ4v) is 5.06. The number of phenolic OH excluding ortho intramolecular Hbond substituents is 1. The van der Waals surface area contributed by atoms with E-state index in [2.05, 4.69) is 35.0 Å². The zero-order valence-electron chi connectivity index (χ0n) is 22.8. The summed E-state index contributed by atoms with van der Waals surface area (Å²) in [6.45, 7) is 15.0. The van der Waals surface area contributed by atoms with Crippen molar-refractivity contribution in [3.63, 3.8) is 0 Å². The lowest BCUT2D eigenvalue weighted by atomic mass is 9.98. The van der Waals surface area contributed by atoms with Gasteiger partial charge >= 0.3 is 6.09 Å². The predicted octanol–water partition coefficient (Wildman–Crippen LogP) is 4.26. The number of benzene rings is 2. The van der Waals surface area contributed by atoms with Gasteiger partial charge < -0.3 is 24.5 Å². The van der Waals surface area contributed by atoms with Gasteiger partial charge in [-0.15, -0.1) is 0 Å². The van der Waals surface area contributed by atoms with Crippen molar-refractivity contribution in [2.75, 3.05) is 46.3 Å². The first-order valence-corrected chi connectivity index (χ1v) is 13.3. The number of phenols is 1. The molecule has 1 fully saturated rings. The molecule has 2 aromatic rings. The molecule has 2 amide bonds. The highest BCUT2D eigenvalue weighted by molar-refractivity contribution is 5.97. The van der Waals surface area contributed by atoms with Crippen LogP contribution >= 0.6 is 0 Å². The Balaban J connectivity index is 1.49. The zero-order valence-corrected chi connectivity index (χ0v) is 22.8. The van der Waals surface area contributed by atoms with Crippen molar-refractivity contribution >= 4 is 12.0 Å². The van der Waals surface area contributed by atoms with Crippen LogP contribution in [0.2, 0.25) is 0 Å². The largest absolute Gasteiger partial charge is 0.507 e. The van der Waals surface area contributed by atoms with Crippen molar-refractivity contribution in [2.45, 2.75) is 53.2 Å². The molecule has 0 aliphatic carbocycles. The molecule has 0 bridgehead atoms. The van der Waals surface area contributed by atoms with Crippen LogP contribution in [0.5, 0.6) is 11.5 Å². The van der Waals surface area contributed by atoms with Gasteiger partial charge in [-0.1, -0.05) is 32.0 Å². The maximum absolute atomic E-state index is 13.5. The Morgan fingerprint density at radius 3 is 2.32 bits per heavy atom. The van der Waals surface area contributed by atoms with E-state index in [1.165, 1.54) is 11.6 Å². The van der Waals surface area contributed by atoms with Gasteiger partial charge in [-0.2, -0.15) is 0 Å². The van der Waals surface area contributed by atoms with Crippen LogP contribution in [0.4, 0.5) is 4.79 Å². The van der Waals surface area contributed by atoms with Gasteiger partial charge in [0.05, 0.1) is 5.56 Å². The molecule has 0 spiro atoms. The average molecular weight is 509 g/mol. The molecule has 2 aliphatic heterocycles. The number of hydrogen-bond donors (Lipinski definition) is 1. The first-order chi connectivity index (χ1) is 17.7. The fraction of sp³-hybridized carbons (Fsp3) is 0.517. The molecule has 0 saturated carbocycles. The molecule has 0 aromatic heterocycles. The van der Waals surface area contributed by atoms with Crippen LogP contribution in [0, 0.1) is 0 Å². The second-order valence-corrected chi connectivity index (χ2v) is 10.4. The summed E-state index contributed by atoms with van der Waals surface area (Å²) < 4.78 is 5.62. The Morgan fingerprint density at radius 1 is 1.00 bits per heavy atom. The summed E-state index contributed by atoms with van der Waals surface area (Å²) in [5, 5.41) is 10.8. The topological polar surface area (TPSA) is 76.6 Å². The van der Waals surface area contributed by atoms with Gasteiger partial charge in [-0.3, -0.25) is 9.69 Å². The summed E-state index contributed by atoms with van der Waals surface area (Å²) in [6, 6.07) is 9.59. The number of aromatic hydroxyl groups is 1. The Kier molecular flexibility index (Phi) is 8.39. The van der Waals surface area contributed by atoms with Crippen LogP contribution < -0.4 is 4.74 Å². The highest BCUT2D eigenvalue weighted by Crippen LogP contribution is 2.35. The lowest BCUT2D eigenvalue weighted by Gasteiger charge is -2.32. The third-order valence-electron chi connectivity index (χ3n) is 7.48. The van der Waals surface area contributed by atoms with Crippen LogP contribution in [0.15, 0.2) is 30.3 Å². The van der Waals surface area contributed by atoms with Gasteiger partial charge in [0.15, 0.2) is 0 Å². The van der Waals surface area contributed by atoms with Crippen molar-refractivity contribution in [3.8, 4) is 11.5 Å². The first-order valence-electron chi connectivity index (χ1n) is 13.3. The lowest BCUT2D eigenvalue weighted by Crippen LogP contribution is -2.43. The van der Waals surface area contributed by atoms with E-state index in [0.29, 0.717) is 37.5 Å². The molecule has 200 valence electrons. The number of carbonyl (C=O) groups is 2. The van der Waals surface area contributed by atoms with Crippen molar-refractivity contribution in [2.24, 2.45) is 0 Å². The molecular formula is C29H40N4O4. The Labute approximate surface area is 220 Å². The highest BCUT2D eigenvalue weighted by Gasteiger charge is 2.28. The lowest BCUT2D eigenvalue weighted by molar-refractivity contribution is 0.0748. The summed E-state index contributed by atoms with van der Waals surface area (Å²) in [5.74, 6) is -0.111. The summed E-state index contributed by atoms with van der Waals surface area (Å²) >= 11 is 0. The van der Waals surface area contributed by atoms with Crippen LogP contribution in [0.3, 0.4) is 0 Å². The predicted molar refractivity (Wildman–Crippen MR) is 144 cm³/mol. The third kappa shape index (κ3) is 6.08. The standard InChI is InChI=1S/C29H40N4O4/c1-6-32(7-2)29(36)37-27-16-26(34)25(15-24(27)20(3)4)28(35)33-18-22-9-8-21(14-23(22)19-33)17-31-12-10-30(5)11-13-31/h8-9,14-16,20,34H,6-7,10-13,17-19H2,1-5H3. The van der Waals surface area contributed by atoms with Gasteiger partial charge in [0.1, 0.15) is 11.5 Å². The number of carbonyl (C=O) groups excluding carboxylic acids is 2. The van der Waals surface area contributed by atoms with Crippen molar-refractivity contribution in [1.82, 2.24) is 19.6 Å². The summed E-state index contributed by atoms with van der Waals surface area (Å²) in [4.78, 5) is 34.2. The van der Waals surface area contributed by atoms with E-state index in [1.807, 2.05) is 27.7 Å².